The Morgan fingerprint density at radius 1 is 0.933 bits per heavy atom. The van der Waals surface area contributed by atoms with Crippen LogP contribution >= 0.6 is 11.3 Å². The molecule has 164 valence electrons. The summed E-state index contributed by atoms with van der Waals surface area (Å²) in [6, 6.07) is 0. The number of hydrogen-bond acceptors (Lipinski definition) is 8. The number of hydrogen-bond donors (Lipinski definition) is 0. The predicted molar refractivity (Wildman–Crippen MR) is 121 cm³/mol. The van der Waals surface area contributed by atoms with Crippen molar-refractivity contribution in [2.45, 2.75) is 26.8 Å². The first kappa shape index (κ1) is 20.6. The Kier molecular flexibility index (Phi) is 6.20. The molecule has 5 rings (SSSR count). The molecule has 0 aromatic carbocycles. The van der Waals surface area contributed by atoms with Crippen molar-refractivity contribution in [3.8, 4) is 0 Å². The molecule has 30 heavy (non-hydrogen) atoms. The molecule has 0 amide bonds. The first-order chi connectivity index (χ1) is 14.7. The van der Waals surface area contributed by atoms with Gasteiger partial charge in [0.05, 0.1) is 31.8 Å². The van der Waals surface area contributed by atoms with E-state index in [0.717, 1.165) is 88.7 Å². The number of piperazine rings is 1. The van der Waals surface area contributed by atoms with E-state index in [9.17, 15) is 0 Å². The lowest BCUT2D eigenvalue weighted by Gasteiger charge is -2.37. The van der Waals surface area contributed by atoms with Gasteiger partial charge < -0.3 is 14.4 Å². The van der Waals surface area contributed by atoms with Crippen LogP contribution in [0.1, 0.15) is 22.7 Å². The topological polar surface area (TPSA) is 54.0 Å². The van der Waals surface area contributed by atoms with Gasteiger partial charge in [-0.3, -0.25) is 9.80 Å². The second-order valence-corrected chi connectivity index (χ2v) is 10.0. The molecule has 1 unspecified atom stereocenters. The van der Waals surface area contributed by atoms with E-state index in [1.165, 1.54) is 28.8 Å². The molecule has 3 aliphatic rings. The van der Waals surface area contributed by atoms with Crippen molar-refractivity contribution in [1.29, 1.82) is 0 Å². The highest BCUT2D eigenvalue weighted by molar-refractivity contribution is 7.18. The number of anilines is 1. The SMILES string of the molecule is Cc1sc2nc(CN3CCOCC3)nc(N3CCN(CC4CCOC4)CC3)c2c1C. The standard InChI is InChI=1S/C22H33N5O2S/c1-16-17(2)30-22-20(16)21(23-19(24-22)14-26-8-11-28-12-9-26)27-6-4-25(5-7-27)13-18-3-10-29-15-18/h18H,3-15H2,1-2H3. The quantitative estimate of drug-likeness (QED) is 0.720. The fraction of sp³-hybridized carbons (Fsp3) is 0.727. The first-order valence-electron chi connectivity index (χ1n) is 11.3. The highest BCUT2D eigenvalue weighted by Gasteiger charge is 2.26. The van der Waals surface area contributed by atoms with Gasteiger partial charge in [0, 0.05) is 57.3 Å². The number of morpholine rings is 1. The van der Waals surface area contributed by atoms with E-state index in [0.29, 0.717) is 5.92 Å². The zero-order chi connectivity index (χ0) is 20.5. The lowest BCUT2D eigenvalue weighted by Crippen LogP contribution is -2.48. The number of aryl methyl sites for hydroxylation is 2. The molecule has 0 aliphatic carbocycles. The van der Waals surface area contributed by atoms with Gasteiger partial charge in [-0.2, -0.15) is 0 Å². The van der Waals surface area contributed by atoms with Gasteiger partial charge in [-0.05, 0) is 31.7 Å². The monoisotopic (exact) mass is 431 g/mol. The lowest BCUT2D eigenvalue weighted by atomic mass is 10.1. The molecule has 0 radical (unpaired) electrons. The minimum Gasteiger partial charge on any atom is -0.381 e. The van der Waals surface area contributed by atoms with E-state index >= 15 is 0 Å². The Morgan fingerprint density at radius 2 is 1.73 bits per heavy atom. The normalized spacial score (nSPS) is 24.2. The van der Waals surface area contributed by atoms with Crippen LogP contribution in [-0.4, -0.2) is 92.0 Å². The molecule has 3 aliphatic heterocycles. The molecule has 3 saturated heterocycles. The number of nitrogens with zero attached hydrogens (tertiary/aromatic N) is 5. The minimum atomic E-state index is 0.712. The molecule has 3 fully saturated rings. The van der Waals surface area contributed by atoms with Crippen LogP contribution in [0.4, 0.5) is 5.82 Å². The summed E-state index contributed by atoms with van der Waals surface area (Å²) in [6.07, 6.45) is 1.21. The average Bonchev–Trinajstić information content (AvgIpc) is 3.37. The molecule has 8 heteroatoms. The van der Waals surface area contributed by atoms with Gasteiger partial charge in [0.2, 0.25) is 0 Å². The zero-order valence-corrected chi connectivity index (χ0v) is 19.0. The van der Waals surface area contributed by atoms with Gasteiger partial charge in [0.1, 0.15) is 16.5 Å². The minimum absolute atomic E-state index is 0.712. The van der Waals surface area contributed by atoms with Crippen molar-refractivity contribution in [3.05, 3.63) is 16.3 Å². The summed E-state index contributed by atoms with van der Waals surface area (Å²) < 4.78 is 11.1. The smallest absolute Gasteiger partial charge is 0.146 e. The Morgan fingerprint density at radius 3 is 2.47 bits per heavy atom. The Bertz CT molecular complexity index is 868. The molecule has 0 spiro atoms. The van der Waals surface area contributed by atoms with Gasteiger partial charge in [-0.15, -0.1) is 11.3 Å². The van der Waals surface area contributed by atoms with Crippen molar-refractivity contribution in [2.75, 3.05) is 77.1 Å². The van der Waals surface area contributed by atoms with Crippen LogP contribution in [0.3, 0.4) is 0 Å². The summed E-state index contributed by atoms with van der Waals surface area (Å²) in [5, 5.41) is 1.26. The number of rotatable bonds is 5. The first-order valence-corrected chi connectivity index (χ1v) is 12.1. The average molecular weight is 432 g/mol. The van der Waals surface area contributed by atoms with Crippen molar-refractivity contribution in [1.82, 2.24) is 19.8 Å². The number of fused-ring (bicyclic) bond motifs is 1. The molecule has 0 N–H and O–H groups in total. The van der Waals surface area contributed by atoms with Crippen molar-refractivity contribution >= 4 is 27.4 Å². The number of thiophene rings is 1. The van der Waals surface area contributed by atoms with E-state index < -0.39 is 0 Å². The van der Waals surface area contributed by atoms with Crippen molar-refractivity contribution in [2.24, 2.45) is 5.92 Å². The molecule has 0 bridgehead atoms. The molecular weight excluding hydrogens is 398 g/mol. The van der Waals surface area contributed by atoms with Crippen molar-refractivity contribution in [3.63, 3.8) is 0 Å². The van der Waals surface area contributed by atoms with E-state index in [1.807, 2.05) is 11.3 Å². The lowest BCUT2D eigenvalue weighted by molar-refractivity contribution is 0.0331. The van der Waals surface area contributed by atoms with Crippen LogP contribution in [0.2, 0.25) is 0 Å². The summed E-state index contributed by atoms with van der Waals surface area (Å²) in [5.41, 5.74) is 1.34. The van der Waals surface area contributed by atoms with Crippen LogP contribution in [0.5, 0.6) is 0 Å². The fourth-order valence-electron chi connectivity index (χ4n) is 4.76. The van der Waals surface area contributed by atoms with Crippen LogP contribution in [-0.2, 0) is 16.0 Å². The second-order valence-electron chi connectivity index (χ2n) is 8.83. The van der Waals surface area contributed by atoms with Crippen LogP contribution in [0.15, 0.2) is 0 Å². The molecule has 1 atom stereocenters. The van der Waals surface area contributed by atoms with Gasteiger partial charge in [-0.1, -0.05) is 0 Å². The molecule has 7 nitrogen and oxygen atoms in total. The van der Waals surface area contributed by atoms with E-state index in [2.05, 4.69) is 28.5 Å². The summed E-state index contributed by atoms with van der Waals surface area (Å²) in [5.74, 6) is 2.81. The Hall–Kier alpha value is -1.32. The van der Waals surface area contributed by atoms with Gasteiger partial charge in [0.25, 0.3) is 0 Å². The van der Waals surface area contributed by atoms with E-state index in [4.69, 9.17) is 19.4 Å². The molecular formula is C22H33N5O2S. The maximum Gasteiger partial charge on any atom is 0.146 e. The molecule has 0 saturated carbocycles. The maximum atomic E-state index is 5.56. The van der Waals surface area contributed by atoms with E-state index in [1.54, 1.807) is 0 Å². The van der Waals surface area contributed by atoms with Crippen LogP contribution < -0.4 is 4.90 Å². The molecule has 2 aromatic rings. The fourth-order valence-corrected chi connectivity index (χ4v) is 5.81. The van der Waals surface area contributed by atoms with Crippen LogP contribution in [0.25, 0.3) is 10.2 Å². The second kappa shape index (κ2) is 9.04. The number of ether oxygens (including phenoxy) is 2. The third-order valence-corrected chi connectivity index (χ3v) is 7.84. The predicted octanol–water partition coefficient (Wildman–Crippen LogP) is 2.30. The van der Waals surface area contributed by atoms with Crippen molar-refractivity contribution < 1.29 is 9.47 Å². The third-order valence-electron chi connectivity index (χ3n) is 6.74. The van der Waals surface area contributed by atoms with Gasteiger partial charge in [0.15, 0.2) is 0 Å². The summed E-state index contributed by atoms with van der Waals surface area (Å²) in [6.45, 7) is 16.1. The highest BCUT2D eigenvalue weighted by Crippen LogP contribution is 2.35. The number of aromatic nitrogens is 2. The zero-order valence-electron chi connectivity index (χ0n) is 18.2. The maximum absolute atomic E-state index is 5.56. The third kappa shape index (κ3) is 4.34. The van der Waals surface area contributed by atoms with Crippen LogP contribution in [0, 0.1) is 19.8 Å². The summed E-state index contributed by atoms with van der Waals surface area (Å²) >= 11 is 1.81. The Balaban J connectivity index is 1.35. The molecule has 2 aromatic heterocycles. The van der Waals surface area contributed by atoms with Gasteiger partial charge in [-0.25, -0.2) is 9.97 Å². The Labute approximate surface area is 183 Å². The summed E-state index contributed by atoms with van der Waals surface area (Å²) in [7, 11) is 0. The largest absolute Gasteiger partial charge is 0.381 e. The van der Waals surface area contributed by atoms with Gasteiger partial charge >= 0.3 is 0 Å². The highest BCUT2D eigenvalue weighted by atomic mass is 32.1. The summed E-state index contributed by atoms with van der Waals surface area (Å²) in [4.78, 5) is 20.1. The molecule has 5 heterocycles. The van der Waals surface area contributed by atoms with E-state index in [-0.39, 0.29) is 0 Å².